The molecule has 1 amide bonds. The SMILES string of the molecule is CCCC(C)COc1ccc(C(CCNC(=O)[C@H](C)c2ccccc2)C(=O)O)cc1. The lowest BCUT2D eigenvalue weighted by Crippen LogP contribution is -2.30. The van der Waals surface area contributed by atoms with E-state index in [4.69, 9.17) is 4.74 Å². The predicted molar refractivity (Wildman–Crippen MR) is 119 cm³/mol. The summed E-state index contributed by atoms with van der Waals surface area (Å²) in [5, 5.41) is 12.5. The van der Waals surface area contributed by atoms with Gasteiger partial charge in [-0.2, -0.15) is 0 Å². The van der Waals surface area contributed by atoms with E-state index in [1.165, 1.54) is 0 Å². The van der Waals surface area contributed by atoms with Gasteiger partial charge in [0.15, 0.2) is 0 Å². The van der Waals surface area contributed by atoms with E-state index < -0.39 is 11.9 Å². The van der Waals surface area contributed by atoms with Crippen molar-refractivity contribution in [3.05, 3.63) is 65.7 Å². The normalized spacial score (nSPS) is 13.8. The molecule has 0 aliphatic rings. The number of carboxylic acids is 1. The third kappa shape index (κ3) is 7.21. The van der Waals surface area contributed by atoms with Gasteiger partial charge in [0.2, 0.25) is 5.91 Å². The number of benzene rings is 2. The highest BCUT2D eigenvalue weighted by Gasteiger charge is 2.21. The average molecular weight is 412 g/mol. The lowest BCUT2D eigenvalue weighted by molar-refractivity contribution is -0.139. The number of rotatable bonds is 12. The summed E-state index contributed by atoms with van der Waals surface area (Å²) in [7, 11) is 0. The maximum Gasteiger partial charge on any atom is 0.311 e. The van der Waals surface area contributed by atoms with Crippen molar-refractivity contribution in [2.24, 2.45) is 5.92 Å². The van der Waals surface area contributed by atoms with Gasteiger partial charge in [0.05, 0.1) is 18.4 Å². The van der Waals surface area contributed by atoms with E-state index in [2.05, 4.69) is 19.2 Å². The monoisotopic (exact) mass is 411 g/mol. The molecule has 0 saturated carbocycles. The Morgan fingerprint density at radius 3 is 2.23 bits per heavy atom. The molecule has 0 heterocycles. The van der Waals surface area contributed by atoms with Crippen molar-refractivity contribution in [2.45, 2.75) is 51.9 Å². The van der Waals surface area contributed by atoms with Gasteiger partial charge >= 0.3 is 5.97 Å². The minimum atomic E-state index is -0.898. The van der Waals surface area contributed by atoms with E-state index in [0.717, 1.165) is 24.2 Å². The molecule has 0 spiro atoms. The van der Waals surface area contributed by atoms with Crippen LogP contribution in [-0.4, -0.2) is 30.1 Å². The molecule has 3 atom stereocenters. The molecule has 2 N–H and O–H groups in total. The molecular weight excluding hydrogens is 378 g/mol. The number of nitrogens with one attached hydrogen (secondary N) is 1. The Morgan fingerprint density at radius 1 is 0.967 bits per heavy atom. The Morgan fingerprint density at radius 2 is 1.63 bits per heavy atom. The summed E-state index contributed by atoms with van der Waals surface area (Å²) in [4.78, 5) is 24.1. The van der Waals surface area contributed by atoms with E-state index in [1.807, 2.05) is 49.4 Å². The van der Waals surface area contributed by atoms with Gasteiger partial charge in [-0.05, 0) is 48.9 Å². The van der Waals surface area contributed by atoms with Crippen LogP contribution in [0.1, 0.15) is 63.0 Å². The summed E-state index contributed by atoms with van der Waals surface area (Å²) in [6.07, 6.45) is 2.58. The van der Waals surface area contributed by atoms with Crippen LogP contribution in [0.3, 0.4) is 0 Å². The van der Waals surface area contributed by atoms with E-state index in [0.29, 0.717) is 31.1 Å². The van der Waals surface area contributed by atoms with Crippen LogP contribution in [0, 0.1) is 5.92 Å². The summed E-state index contributed by atoms with van der Waals surface area (Å²) in [5.74, 6) is -0.716. The largest absolute Gasteiger partial charge is 0.493 e. The second kappa shape index (κ2) is 12.0. The molecule has 162 valence electrons. The molecule has 0 aromatic heterocycles. The van der Waals surface area contributed by atoms with Crippen molar-refractivity contribution in [3.63, 3.8) is 0 Å². The number of hydrogen-bond donors (Lipinski definition) is 2. The van der Waals surface area contributed by atoms with Gasteiger partial charge in [-0.3, -0.25) is 9.59 Å². The molecule has 2 unspecified atom stereocenters. The van der Waals surface area contributed by atoms with Gasteiger partial charge in [0.1, 0.15) is 5.75 Å². The number of hydrogen-bond acceptors (Lipinski definition) is 3. The fourth-order valence-electron chi connectivity index (χ4n) is 3.43. The molecule has 30 heavy (non-hydrogen) atoms. The number of aliphatic carboxylic acids is 1. The molecule has 5 nitrogen and oxygen atoms in total. The first-order chi connectivity index (χ1) is 14.4. The molecular formula is C25H33NO4. The molecule has 0 fully saturated rings. The van der Waals surface area contributed by atoms with E-state index in [1.54, 1.807) is 12.1 Å². The Bertz CT molecular complexity index is 789. The summed E-state index contributed by atoms with van der Waals surface area (Å²) in [6.45, 7) is 7.12. The quantitative estimate of drug-likeness (QED) is 0.516. The predicted octanol–water partition coefficient (Wildman–Crippen LogP) is 4.98. The van der Waals surface area contributed by atoms with Crippen molar-refractivity contribution in [2.75, 3.05) is 13.2 Å². The van der Waals surface area contributed by atoms with Crippen LogP contribution < -0.4 is 10.1 Å². The topological polar surface area (TPSA) is 75.6 Å². The van der Waals surface area contributed by atoms with E-state index in [9.17, 15) is 14.7 Å². The smallest absolute Gasteiger partial charge is 0.311 e. The fraction of sp³-hybridized carbons (Fsp3) is 0.440. The first kappa shape index (κ1) is 23.5. The Kier molecular flexibility index (Phi) is 9.39. The minimum absolute atomic E-state index is 0.102. The van der Waals surface area contributed by atoms with Crippen LogP contribution in [0.25, 0.3) is 0 Å². The molecule has 5 heteroatoms. The van der Waals surface area contributed by atoms with Crippen molar-refractivity contribution >= 4 is 11.9 Å². The molecule has 2 aromatic rings. The van der Waals surface area contributed by atoms with Crippen molar-refractivity contribution in [1.82, 2.24) is 5.32 Å². The third-order valence-electron chi connectivity index (χ3n) is 5.32. The van der Waals surface area contributed by atoms with Crippen molar-refractivity contribution in [1.29, 1.82) is 0 Å². The van der Waals surface area contributed by atoms with Crippen LogP contribution in [-0.2, 0) is 9.59 Å². The molecule has 0 saturated heterocycles. The Labute approximate surface area is 179 Å². The zero-order chi connectivity index (χ0) is 21.9. The zero-order valence-corrected chi connectivity index (χ0v) is 18.1. The van der Waals surface area contributed by atoms with Gasteiger partial charge in [-0.25, -0.2) is 0 Å². The summed E-state index contributed by atoms with van der Waals surface area (Å²) < 4.78 is 5.79. The highest BCUT2D eigenvalue weighted by molar-refractivity contribution is 5.83. The summed E-state index contributed by atoms with van der Waals surface area (Å²) in [6, 6.07) is 16.8. The standard InChI is InChI=1S/C25H33NO4/c1-4-8-18(2)17-30-22-13-11-21(12-14-22)23(25(28)29)15-16-26-24(27)19(3)20-9-6-5-7-10-20/h5-7,9-14,18-19,23H,4,8,15-17H2,1-3H3,(H,26,27)(H,28,29)/t18?,19-,23?/m1/s1. The molecule has 2 rings (SSSR count). The van der Waals surface area contributed by atoms with Gasteiger partial charge in [0.25, 0.3) is 0 Å². The number of carboxylic acid groups (broad SMARTS) is 1. The molecule has 0 aliphatic heterocycles. The maximum atomic E-state index is 12.4. The lowest BCUT2D eigenvalue weighted by Gasteiger charge is -2.16. The molecule has 2 aromatic carbocycles. The van der Waals surface area contributed by atoms with E-state index in [-0.39, 0.29) is 11.8 Å². The van der Waals surface area contributed by atoms with Crippen LogP contribution >= 0.6 is 0 Å². The number of ether oxygens (including phenoxy) is 1. The lowest BCUT2D eigenvalue weighted by atomic mass is 9.95. The number of carbonyl (C=O) groups excluding carboxylic acids is 1. The molecule has 0 bridgehead atoms. The maximum absolute atomic E-state index is 12.4. The van der Waals surface area contributed by atoms with Gasteiger partial charge < -0.3 is 15.2 Å². The number of carbonyl (C=O) groups is 2. The Balaban J connectivity index is 1.88. The van der Waals surface area contributed by atoms with Crippen LogP contribution in [0.15, 0.2) is 54.6 Å². The molecule has 0 aliphatic carbocycles. The second-order valence-corrected chi connectivity index (χ2v) is 7.88. The van der Waals surface area contributed by atoms with Gasteiger partial charge in [-0.1, -0.05) is 62.7 Å². The van der Waals surface area contributed by atoms with Crippen molar-refractivity contribution < 1.29 is 19.4 Å². The van der Waals surface area contributed by atoms with Gasteiger partial charge in [0, 0.05) is 6.54 Å². The Hall–Kier alpha value is -2.82. The highest BCUT2D eigenvalue weighted by Crippen LogP contribution is 2.23. The average Bonchev–Trinajstić information content (AvgIpc) is 2.75. The third-order valence-corrected chi connectivity index (χ3v) is 5.32. The summed E-state index contributed by atoms with van der Waals surface area (Å²) in [5.41, 5.74) is 1.65. The zero-order valence-electron chi connectivity index (χ0n) is 18.1. The van der Waals surface area contributed by atoms with Crippen LogP contribution in [0.5, 0.6) is 5.75 Å². The van der Waals surface area contributed by atoms with E-state index >= 15 is 0 Å². The second-order valence-electron chi connectivity index (χ2n) is 7.88. The first-order valence-electron chi connectivity index (χ1n) is 10.7. The van der Waals surface area contributed by atoms with Crippen LogP contribution in [0.2, 0.25) is 0 Å². The first-order valence-corrected chi connectivity index (χ1v) is 10.7. The highest BCUT2D eigenvalue weighted by atomic mass is 16.5. The van der Waals surface area contributed by atoms with Crippen molar-refractivity contribution in [3.8, 4) is 5.75 Å². The number of amides is 1. The van der Waals surface area contributed by atoms with Crippen LogP contribution in [0.4, 0.5) is 0 Å². The summed E-state index contributed by atoms with van der Waals surface area (Å²) >= 11 is 0. The molecule has 0 radical (unpaired) electrons. The fourth-order valence-corrected chi connectivity index (χ4v) is 3.43. The minimum Gasteiger partial charge on any atom is -0.493 e. The van der Waals surface area contributed by atoms with Gasteiger partial charge in [-0.15, -0.1) is 0 Å².